The van der Waals surface area contributed by atoms with E-state index < -0.39 is 0 Å². The van der Waals surface area contributed by atoms with Crippen molar-refractivity contribution < 1.29 is 4.74 Å². The van der Waals surface area contributed by atoms with Gasteiger partial charge in [-0.15, -0.1) is 0 Å². The van der Waals surface area contributed by atoms with Crippen LogP contribution in [-0.4, -0.2) is 23.0 Å². The maximum atomic E-state index is 5.89. The van der Waals surface area contributed by atoms with Crippen molar-refractivity contribution in [2.45, 2.75) is 25.1 Å². The summed E-state index contributed by atoms with van der Waals surface area (Å²) in [5, 5.41) is 3.81. The molecule has 1 aromatic heterocycles. The molecule has 1 N–H and O–H groups in total. The highest BCUT2D eigenvalue weighted by Crippen LogP contribution is 2.45. The number of nitrogens with zero attached hydrogens (tertiary/aromatic N) is 2. The molecule has 0 saturated carbocycles. The molecule has 4 nitrogen and oxygen atoms in total. The number of benzene rings is 2. The predicted molar refractivity (Wildman–Crippen MR) is 115 cm³/mol. The second-order valence-corrected chi connectivity index (χ2v) is 7.91. The number of piperidine rings is 3. The van der Waals surface area contributed by atoms with Crippen LogP contribution in [0, 0.1) is 12.3 Å². The summed E-state index contributed by atoms with van der Waals surface area (Å²) < 4.78 is 5.89. The summed E-state index contributed by atoms with van der Waals surface area (Å²) in [6.07, 6.45) is 6.93. The first-order valence-corrected chi connectivity index (χ1v) is 10.4. The molecule has 3 aliphatic rings. The lowest BCUT2D eigenvalue weighted by Crippen LogP contribution is -2.60. The summed E-state index contributed by atoms with van der Waals surface area (Å²) in [5.41, 5.74) is 3.12. The summed E-state index contributed by atoms with van der Waals surface area (Å²) >= 11 is 0. The minimum Gasteiger partial charge on any atom is -0.473 e. The number of hydrogen-bond acceptors (Lipinski definition) is 4. The second-order valence-electron chi connectivity index (χ2n) is 7.91. The third-order valence-corrected chi connectivity index (χ3v) is 6.03. The van der Waals surface area contributed by atoms with Gasteiger partial charge in [0, 0.05) is 43.0 Å². The maximum absolute atomic E-state index is 5.89. The van der Waals surface area contributed by atoms with Gasteiger partial charge in [0.2, 0.25) is 5.88 Å². The van der Waals surface area contributed by atoms with Crippen LogP contribution >= 0.6 is 0 Å². The smallest absolute Gasteiger partial charge is 0.213 e. The van der Waals surface area contributed by atoms with Crippen molar-refractivity contribution in [2.75, 3.05) is 18.4 Å². The molecule has 2 aromatic carbocycles. The van der Waals surface area contributed by atoms with Gasteiger partial charge in [0.15, 0.2) is 0 Å². The van der Waals surface area contributed by atoms with Gasteiger partial charge >= 0.3 is 0 Å². The number of nitrogens with one attached hydrogen (secondary N) is 1. The van der Waals surface area contributed by atoms with E-state index in [1.165, 1.54) is 12.8 Å². The summed E-state index contributed by atoms with van der Waals surface area (Å²) in [4.78, 5) is 7.17. The molecule has 29 heavy (non-hydrogen) atoms. The Hall–Kier alpha value is -2.85. The fraction of sp³-hybridized carbons (Fsp3) is 0.280. The monoisotopic (exact) mass is 384 g/mol. The number of hydrogen-bond donors (Lipinski definition) is 1. The SMILES string of the molecule is [CH]1C2CCN(CC2)[C@@]1(Nc1ccccc1)c1ccc(OCc2ccccc2)nc1. The number of para-hydroxylation sites is 1. The molecule has 3 aliphatic heterocycles. The molecular weight excluding hydrogens is 358 g/mol. The Morgan fingerprint density at radius 2 is 1.66 bits per heavy atom. The van der Waals surface area contributed by atoms with Gasteiger partial charge in [-0.1, -0.05) is 48.5 Å². The van der Waals surface area contributed by atoms with Crippen LogP contribution in [-0.2, 0) is 12.3 Å². The first kappa shape index (κ1) is 18.2. The van der Waals surface area contributed by atoms with Crippen LogP contribution < -0.4 is 10.1 Å². The van der Waals surface area contributed by atoms with Crippen molar-refractivity contribution in [2.24, 2.45) is 5.92 Å². The van der Waals surface area contributed by atoms with E-state index in [1.807, 2.05) is 30.5 Å². The number of anilines is 1. The quantitative estimate of drug-likeness (QED) is 0.659. The van der Waals surface area contributed by atoms with Gasteiger partial charge in [0.1, 0.15) is 12.3 Å². The Morgan fingerprint density at radius 1 is 0.931 bits per heavy atom. The van der Waals surface area contributed by atoms with E-state index in [0.29, 0.717) is 18.4 Å². The maximum Gasteiger partial charge on any atom is 0.213 e. The van der Waals surface area contributed by atoms with E-state index in [9.17, 15) is 0 Å². The lowest BCUT2D eigenvalue weighted by atomic mass is 9.76. The summed E-state index contributed by atoms with van der Waals surface area (Å²) in [5.74, 6) is 1.30. The number of ether oxygens (including phenoxy) is 1. The number of fused-ring (bicyclic) bond motifs is 3. The van der Waals surface area contributed by atoms with E-state index >= 15 is 0 Å². The van der Waals surface area contributed by atoms with E-state index in [-0.39, 0.29) is 5.66 Å². The van der Waals surface area contributed by atoms with Crippen LogP contribution in [0.1, 0.15) is 24.0 Å². The van der Waals surface area contributed by atoms with Gasteiger partial charge in [-0.05, 0) is 42.5 Å². The molecule has 0 aliphatic carbocycles. The highest BCUT2D eigenvalue weighted by molar-refractivity contribution is 5.50. The average molecular weight is 385 g/mol. The Kier molecular flexibility index (Phi) is 4.94. The Balaban J connectivity index is 1.39. The minimum atomic E-state index is -0.312. The first-order chi connectivity index (χ1) is 14.3. The molecule has 147 valence electrons. The van der Waals surface area contributed by atoms with Crippen LogP contribution in [0.15, 0.2) is 79.0 Å². The Labute approximate surface area is 172 Å². The molecule has 1 atom stereocenters. The van der Waals surface area contributed by atoms with Gasteiger partial charge in [0.25, 0.3) is 0 Å². The van der Waals surface area contributed by atoms with E-state index in [1.54, 1.807) is 0 Å². The standard InChI is InChI=1S/C25H26N3O/c1-3-7-21(8-4-1)19-29-24-12-11-22(18-26-24)25(27-23-9-5-2-6-10-23)17-20-13-15-28(25)16-14-20/h1-12,17-18,20,27H,13-16,19H2/t25-/m1/s1. The van der Waals surface area contributed by atoms with Crippen molar-refractivity contribution in [3.05, 3.63) is 96.5 Å². The molecule has 3 fully saturated rings. The first-order valence-electron chi connectivity index (χ1n) is 10.4. The molecule has 0 unspecified atom stereocenters. The summed E-state index contributed by atoms with van der Waals surface area (Å²) in [7, 11) is 0. The van der Waals surface area contributed by atoms with Crippen molar-refractivity contribution in [1.29, 1.82) is 0 Å². The van der Waals surface area contributed by atoms with Crippen LogP contribution in [0.3, 0.4) is 0 Å². The Morgan fingerprint density at radius 3 is 2.28 bits per heavy atom. The molecule has 4 heteroatoms. The fourth-order valence-corrected chi connectivity index (χ4v) is 4.50. The van der Waals surface area contributed by atoms with E-state index in [0.717, 1.165) is 29.9 Å². The largest absolute Gasteiger partial charge is 0.473 e. The van der Waals surface area contributed by atoms with Crippen molar-refractivity contribution in [3.63, 3.8) is 0 Å². The van der Waals surface area contributed by atoms with Crippen LogP contribution in [0.5, 0.6) is 5.88 Å². The van der Waals surface area contributed by atoms with Crippen molar-refractivity contribution in [1.82, 2.24) is 9.88 Å². The highest BCUT2D eigenvalue weighted by atomic mass is 16.5. The van der Waals surface area contributed by atoms with E-state index in [2.05, 4.69) is 70.2 Å². The minimum absolute atomic E-state index is 0.312. The lowest BCUT2D eigenvalue weighted by Gasteiger charge is -2.54. The normalized spacial score (nSPS) is 25.5. The van der Waals surface area contributed by atoms with Crippen LogP contribution in [0.2, 0.25) is 0 Å². The van der Waals surface area contributed by atoms with E-state index in [4.69, 9.17) is 4.74 Å². The predicted octanol–water partition coefficient (Wildman–Crippen LogP) is 4.86. The molecule has 0 spiro atoms. The number of rotatable bonds is 6. The van der Waals surface area contributed by atoms with Gasteiger partial charge in [-0.3, -0.25) is 4.90 Å². The number of aromatic nitrogens is 1. The molecule has 1 radical (unpaired) electrons. The molecule has 4 heterocycles. The highest BCUT2D eigenvalue weighted by Gasteiger charge is 2.47. The molecule has 2 bridgehead atoms. The van der Waals surface area contributed by atoms with Crippen LogP contribution in [0.25, 0.3) is 0 Å². The van der Waals surface area contributed by atoms with Crippen molar-refractivity contribution in [3.8, 4) is 5.88 Å². The summed E-state index contributed by atoms with van der Waals surface area (Å²) in [6, 6.07) is 24.8. The molecule has 3 aromatic rings. The molecular formula is C25H26N3O. The lowest BCUT2D eigenvalue weighted by molar-refractivity contribution is 0.0354. The van der Waals surface area contributed by atoms with Crippen LogP contribution in [0.4, 0.5) is 5.69 Å². The topological polar surface area (TPSA) is 37.4 Å². The zero-order valence-electron chi connectivity index (χ0n) is 16.5. The Bertz CT molecular complexity index is 921. The molecule has 0 amide bonds. The van der Waals surface area contributed by atoms with Gasteiger partial charge in [0.05, 0.1) is 0 Å². The molecule has 6 rings (SSSR count). The second kappa shape index (κ2) is 7.88. The van der Waals surface area contributed by atoms with Crippen molar-refractivity contribution >= 4 is 5.69 Å². The van der Waals surface area contributed by atoms with Gasteiger partial charge < -0.3 is 10.1 Å². The zero-order chi connectivity index (χ0) is 19.5. The van der Waals surface area contributed by atoms with Gasteiger partial charge in [-0.25, -0.2) is 4.98 Å². The third-order valence-electron chi connectivity index (χ3n) is 6.03. The number of pyridine rings is 1. The average Bonchev–Trinajstić information content (AvgIpc) is 2.80. The summed E-state index contributed by atoms with van der Waals surface area (Å²) in [6.45, 7) is 2.74. The zero-order valence-corrected chi connectivity index (χ0v) is 16.5. The third kappa shape index (κ3) is 3.73. The fourth-order valence-electron chi connectivity index (χ4n) is 4.50. The molecule has 3 saturated heterocycles. The van der Waals surface area contributed by atoms with Gasteiger partial charge in [-0.2, -0.15) is 0 Å².